The number of methoxy groups -OCH3 is 1. The summed E-state index contributed by atoms with van der Waals surface area (Å²) in [6.07, 6.45) is 1.34. The molecule has 2 rings (SSSR count). The van der Waals surface area contributed by atoms with Crippen molar-refractivity contribution in [1.29, 1.82) is 0 Å². The van der Waals surface area contributed by atoms with E-state index in [-0.39, 0.29) is 5.91 Å². The number of nitrogens with two attached hydrogens (primary N) is 1. The Morgan fingerprint density at radius 2 is 1.84 bits per heavy atom. The van der Waals surface area contributed by atoms with Gasteiger partial charge < -0.3 is 21.1 Å². The van der Waals surface area contributed by atoms with Crippen LogP contribution >= 0.6 is 0 Å². The van der Waals surface area contributed by atoms with E-state index in [2.05, 4.69) is 15.6 Å². The Bertz CT molecular complexity index is 744. The molecular formula is C19H24N4O2. The van der Waals surface area contributed by atoms with Crippen molar-refractivity contribution in [2.75, 3.05) is 17.7 Å². The van der Waals surface area contributed by atoms with E-state index in [0.29, 0.717) is 18.9 Å². The number of benzene rings is 2. The highest BCUT2D eigenvalue weighted by molar-refractivity contribution is 5.92. The van der Waals surface area contributed by atoms with Crippen molar-refractivity contribution in [2.45, 2.75) is 26.3 Å². The topological polar surface area (TPSA) is 88.7 Å². The summed E-state index contributed by atoms with van der Waals surface area (Å²) in [6.45, 7) is 2.39. The van der Waals surface area contributed by atoms with Crippen molar-refractivity contribution in [3.05, 3.63) is 54.1 Å². The molecule has 2 aromatic carbocycles. The van der Waals surface area contributed by atoms with E-state index < -0.39 is 0 Å². The lowest BCUT2D eigenvalue weighted by molar-refractivity contribution is -0.116. The van der Waals surface area contributed by atoms with Crippen LogP contribution in [0.3, 0.4) is 0 Å². The molecule has 6 nitrogen and oxygen atoms in total. The Labute approximate surface area is 148 Å². The van der Waals surface area contributed by atoms with Gasteiger partial charge in [-0.15, -0.1) is 0 Å². The first-order chi connectivity index (χ1) is 12.1. The number of amides is 1. The number of hydrogen-bond donors (Lipinski definition) is 3. The van der Waals surface area contributed by atoms with Gasteiger partial charge in [-0.3, -0.25) is 4.79 Å². The Balaban J connectivity index is 1.96. The first kappa shape index (κ1) is 18.3. The number of guanidine groups is 1. The second-order valence-electron chi connectivity index (χ2n) is 5.56. The number of aliphatic imine (C=N–C) groups is 1. The summed E-state index contributed by atoms with van der Waals surface area (Å²) in [5.41, 5.74) is 8.47. The highest BCUT2D eigenvalue weighted by Gasteiger charge is 2.02. The van der Waals surface area contributed by atoms with Gasteiger partial charge in [0.25, 0.3) is 0 Å². The number of anilines is 2. The fourth-order valence-electron chi connectivity index (χ4n) is 2.26. The molecule has 0 saturated carbocycles. The minimum Gasteiger partial charge on any atom is -0.497 e. The fraction of sp³-hybridized carbons (Fsp3) is 0.263. The van der Waals surface area contributed by atoms with E-state index in [1.807, 2.05) is 55.5 Å². The maximum absolute atomic E-state index is 11.7. The van der Waals surface area contributed by atoms with Crippen molar-refractivity contribution in [2.24, 2.45) is 10.7 Å². The first-order valence-electron chi connectivity index (χ1n) is 8.20. The molecule has 0 fully saturated rings. The summed E-state index contributed by atoms with van der Waals surface area (Å²) in [5.74, 6) is 1.07. The predicted molar refractivity (Wildman–Crippen MR) is 102 cm³/mol. The molecule has 0 aromatic heterocycles. The number of hydrogen-bond acceptors (Lipinski definition) is 3. The summed E-state index contributed by atoms with van der Waals surface area (Å²) < 4.78 is 5.17. The molecule has 0 spiro atoms. The number of nitrogens with one attached hydrogen (secondary N) is 2. The van der Waals surface area contributed by atoms with Crippen molar-refractivity contribution < 1.29 is 9.53 Å². The summed E-state index contributed by atoms with van der Waals surface area (Å²) in [6, 6.07) is 15.0. The molecule has 2 aromatic rings. The second kappa shape index (κ2) is 9.32. The lowest BCUT2D eigenvalue weighted by Crippen LogP contribution is -2.22. The molecule has 1 amide bonds. The summed E-state index contributed by atoms with van der Waals surface area (Å²) in [5, 5.41) is 5.90. The Morgan fingerprint density at radius 3 is 2.56 bits per heavy atom. The lowest BCUT2D eigenvalue weighted by atomic mass is 10.2. The quantitative estimate of drug-likeness (QED) is 0.532. The summed E-state index contributed by atoms with van der Waals surface area (Å²) in [7, 11) is 1.61. The van der Waals surface area contributed by atoms with Crippen LogP contribution in [-0.4, -0.2) is 19.0 Å². The molecular weight excluding hydrogens is 316 g/mol. The van der Waals surface area contributed by atoms with Crippen LogP contribution in [0.4, 0.5) is 11.4 Å². The predicted octanol–water partition coefficient (Wildman–Crippen LogP) is 3.36. The molecule has 0 radical (unpaired) electrons. The van der Waals surface area contributed by atoms with Crippen LogP contribution in [0.15, 0.2) is 53.5 Å². The second-order valence-corrected chi connectivity index (χ2v) is 5.56. The summed E-state index contributed by atoms with van der Waals surface area (Å²) >= 11 is 0. The highest BCUT2D eigenvalue weighted by atomic mass is 16.5. The molecule has 6 heteroatoms. The van der Waals surface area contributed by atoms with Crippen LogP contribution in [0.5, 0.6) is 5.75 Å². The van der Waals surface area contributed by atoms with Crippen LogP contribution in [0, 0.1) is 0 Å². The van der Waals surface area contributed by atoms with Crippen LogP contribution in [0.25, 0.3) is 0 Å². The Morgan fingerprint density at radius 1 is 1.12 bits per heavy atom. The largest absolute Gasteiger partial charge is 0.497 e. The number of carbonyl (C=O) groups excluding carboxylic acids is 1. The number of nitrogens with zero attached hydrogens (tertiary/aromatic N) is 1. The standard InChI is InChI=1S/C19H24N4O2/c1-3-6-18(24)22-15-8-4-7-14(11-15)13-21-19(20)23-16-9-5-10-17(12-16)25-2/h4-5,7-12H,3,6,13H2,1-2H3,(H,22,24)(H3,20,21,23). The van der Waals surface area contributed by atoms with E-state index >= 15 is 0 Å². The average Bonchev–Trinajstić information content (AvgIpc) is 2.60. The minimum absolute atomic E-state index is 0.0161. The SMILES string of the molecule is CCCC(=O)Nc1cccc(CN=C(N)Nc2cccc(OC)c2)c1. The van der Waals surface area contributed by atoms with Gasteiger partial charge in [0.05, 0.1) is 13.7 Å². The molecule has 0 bridgehead atoms. The van der Waals surface area contributed by atoms with E-state index in [1.165, 1.54) is 0 Å². The third-order valence-electron chi connectivity index (χ3n) is 3.46. The zero-order chi connectivity index (χ0) is 18.1. The van der Waals surface area contributed by atoms with Crippen molar-refractivity contribution in [1.82, 2.24) is 0 Å². The molecule has 0 unspecified atom stereocenters. The monoisotopic (exact) mass is 340 g/mol. The zero-order valence-electron chi connectivity index (χ0n) is 14.6. The van der Waals surface area contributed by atoms with Crippen molar-refractivity contribution in [3.63, 3.8) is 0 Å². The van der Waals surface area contributed by atoms with Gasteiger partial charge in [0, 0.05) is 23.9 Å². The Hall–Kier alpha value is -3.02. The molecule has 25 heavy (non-hydrogen) atoms. The molecule has 0 aliphatic carbocycles. The molecule has 4 N–H and O–H groups in total. The van der Waals surface area contributed by atoms with Crippen LogP contribution in [0.1, 0.15) is 25.3 Å². The van der Waals surface area contributed by atoms with Gasteiger partial charge in [-0.05, 0) is 36.2 Å². The van der Waals surface area contributed by atoms with Gasteiger partial charge in [-0.25, -0.2) is 4.99 Å². The Kier molecular flexibility index (Phi) is 6.83. The zero-order valence-corrected chi connectivity index (χ0v) is 14.6. The van der Waals surface area contributed by atoms with Gasteiger partial charge in [-0.1, -0.05) is 25.1 Å². The van der Waals surface area contributed by atoms with Crippen LogP contribution in [0.2, 0.25) is 0 Å². The maximum Gasteiger partial charge on any atom is 0.224 e. The van der Waals surface area contributed by atoms with E-state index in [0.717, 1.165) is 29.1 Å². The fourth-order valence-corrected chi connectivity index (χ4v) is 2.26. The minimum atomic E-state index is 0.0161. The molecule has 0 atom stereocenters. The molecule has 132 valence electrons. The average molecular weight is 340 g/mol. The van der Waals surface area contributed by atoms with E-state index in [1.54, 1.807) is 7.11 Å². The number of rotatable bonds is 7. The van der Waals surface area contributed by atoms with E-state index in [4.69, 9.17) is 10.5 Å². The normalized spacial score (nSPS) is 11.0. The first-order valence-corrected chi connectivity index (χ1v) is 8.20. The molecule has 0 aliphatic rings. The van der Waals surface area contributed by atoms with Gasteiger partial charge in [0.1, 0.15) is 5.75 Å². The van der Waals surface area contributed by atoms with Crippen LogP contribution in [-0.2, 0) is 11.3 Å². The van der Waals surface area contributed by atoms with Gasteiger partial charge in [0.15, 0.2) is 5.96 Å². The number of carbonyl (C=O) groups is 1. The molecule has 0 aliphatic heterocycles. The van der Waals surface area contributed by atoms with Gasteiger partial charge in [-0.2, -0.15) is 0 Å². The highest BCUT2D eigenvalue weighted by Crippen LogP contribution is 2.16. The smallest absolute Gasteiger partial charge is 0.224 e. The number of ether oxygens (including phenoxy) is 1. The van der Waals surface area contributed by atoms with E-state index in [9.17, 15) is 4.79 Å². The molecule has 0 saturated heterocycles. The van der Waals surface area contributed by atoms with Crippen molar-refractivity contribution >= 4 is 23.2 Å². The third-order valence-corrected chi connectivity index (χ3v) is 3.46. The van der Waals surface area contributed by atoms with Crippen molar-refractivity contribution in [3.8, 4) is 5.75 Å². The maximum atomic E-state index is 11.7. The van der Waals surface area contributed by atoms with Crippen LogP contribution < -0.4 is 21.1 Å². The lowest BCUT2D eigenvalue weighted by Gasteiger charge is -2.08. The molecule has 0 heterocycles. The summed E-state index contributed by atoms with van der Waals surface area (Å²) in [4.78, 5) is 16.0. The third kappa shape index (κ3) is 6.18. The van der Waals surface area contributed by atoms with Gasteiger partial charge >= 0.3 is 0 Å². The van der Waals surface area contributed by atoms with Gasteiger partial charge in [0.2, 0.25) is 5.91 Å².